The highest BCUT2D eigenvalue weighted by molar-refractivity contribution is 7.89. The molecule has 0 aliphatic carbocycles. The maximum absolute atomic E-state index is 11.4. The summed E-state index contributed by atoms with van der Waals surface area (Å²) in [5.74, 6) is -0.113. The lowest BCUT2D eigenvalue weighted by Gasteiger charge is -2.07. The van der Waals surface area contributed by atoms with Gasteiger partial charge in [0.15, 0.2) is 5.69 Å². The van der Waals surface area contributed by atoms with Crippen LogP contribution >= 0.6 is 12.2 Å². The van der Waals surface area contributed by atoms with Gasteiger partial charge in [-0.15, -0.1) is 10.2 Å². The molecule has 1 aromatic heterocycles. The highest BCUT2D eigenvalue weighted by Crippen LogP contribution is 2.39. The predicted molar refractivity (Wildman–Crippen MR) is 132 cm³/mol. The van der Waals surface area contributed by atoms with Crippen LogP contribution in [0.25, 0.3) is 10.9 Å². The lowest BCUT2D eigenvalue weighted by atomic mass is 10.1. The van der Waals surface area contributed by atoms with E-state index in [0.29, 0.717) is 28.7 Å². The van der Waals surface area contributed by atoms with E-state index in [9.17, 15) is 18.8 Å². The summed E-state index contributed by atoms with van der Waals surface area (Å²) >= 11 is 5.21. The summed E-state index contributed by atoms with van der Waals surface area (Å²) in [5.41, 5.74) is 2.74. The van der Waals surface area contributed by atoms with Gasteiger partial charge < -0.3 is 15.0 Å². The lowest BCUT2D eigenvalue weighted by Crippen LogP contribution is -2.12. The zero-order chi connectivity index (χ0) is 24.3. The van der Waals surface area contributed by atoms with E-state index in [0.717, 1.165) is 5.56 Å². The molecule has 4 rings (SSSR count). The molecule has 0 saturated carbocycles. The van der Waals surface area contributed by atoms with Crippen LogP contribution in [-0.2, 0) is 16.6 Å². The van der Waals surface area contributed by atoms with E-state index in [4.69, 9.17) is 17.4 Å². The van der Waals surface area contributed by atoms with E-state index >= 15 is 0 Å². The molecule has 170 valence electrons. The summed E-state index contributed by atoms with van der Waals surface area (Å²) in [4.78, 5) is -0.0324. The molecule has 3 aromatic carbocycles. The van der Waals surface area contributed by atoms with E-state index in [-0.39, 0.29) is 21.6 Å². The molecule has 0 bridgehead atoms. The first kappa shape index (κ1) is 23.1. The Labute approximate surface area is 200 Å². The number of rotatable bonds is 5. The minimum atomic E-state index is -3.80. The van der Waals surface area contributed by atoms with Crippen molar-refractivity contribution in [2.45, 2.75) is 11.4 Å². The SMILES string of the molecule is N#Cc1ccc2c(c1)c(N=NC(=S)Nc1ccc(S(N)(=O)=O)cc1)c(O)n2Cc1ccccc1. The maximum atomic E-state index is 11.4. The van der Waals surface area contributed by atoms with Gasteiger partial charge in [-0.2, -0.15) is 5.26 Å². The van der Waals surface area contributed by atoms with Crippen LogP contribution in [0.5, 0.6) is 5.88 Å². The molecule has 0 aliphatic rings. The minimum absolute atomic E-state index is 0.0110. The van der Waals surface area contributed by atoms with Crippen LogP contribution in [0.15, 0.2) is 87.9 Å². The van der Waals surface area contributed by atoms with Gasteiger partial charge >= 0.3 is 0 Å². The number of sulfonamides is 1. The van der Waals surface area contributed by atoms with Crippen LogP contribution in [0.2, 0.25) is 0 Å². The largest absolute Gasteiger partial charge is 0.493 e. The van der Waals surface area contributed by atoms with Crippen molar-refractivity contribution in [3.05, 3.63) is 83.9 Å². The van der Waals surface area contributed by atoms with E-state index in [2.05, 4.69) is 21.6 Å². The van der Waals surface area contributed by atoms with Gasteiger partial charge in [0.25, 0.3) is 0 Å². The second kappa shape index (κ2) is 9.40. The second-order valence-corrected chi connectivity index (χ2v) is 9.24. The van der Waals surface area contributed by atoms with Crippen LogP contribution < -0.4 is 10.5 Å². The third kappa shape index (κ3) is 4.94. The first-order valence-electron chi connectivity index (χ1n) is 9.91. The number of nitrogens with one attached hydrogen (secondary N) is 1. The molecule has 9 nitrogen and oxygen atoms in total. The molecule has 1 heterocycles. The molecule has 4 N–H and O–H groups in total. The average molecular weight is 491 g/mol. The van der Waals surface area contributed by atoms with E-state index in [1.54, 1.807) is 22.8 Å². The topological polar surface area (TPSA) is 146 Å². The fraction of sp³-hybridized carbons (Fsp3) is 0.0435. The van der Waals surface area contributed by atoms with E-state index < -0.39 is 10.0 Å². The Morgan fingerprint density at radius 1 is 1.12 bits per heavy atom. The first-order valence-corrected chi connectivity index (χ1v) is 11.9. The van der Waals surface area contributed by atoms with Crippen molar-refractivity contribution < 1.29 is 13.5 Å². The van der Waals surface area contributed by atoms with Gasteiger partial charge in [-0.05, 0) is 60.2 Å². The molecule has 0 atom stereocenters. The molecular formula is C23H18N6O3S2. The molecule has 0 amide bonds. The summed E-state index contributed by atoms with van der Waals surface area (Å²) in [6.07, 6.45) is 0. The minimum Gasteiger partial charge on any atom is -0.493 e. The van der Waals surface area contributed by atoms with Crippen LogP contribution in [0.3, 0.4) is 0 Å². The predicted octanol–water partition coefficient (Wildman–Crippen LogP) is 4.39. The van der Waals surface area contributed by atoms with Crippen LogP contribution in [-0.4, -0.2) is 23.2 Å². The van der Waals surface area contributed by atoms with Crippen molar-refractivity contribution in [3.63, 3.8) is 0 Å². The quantitative estimate of drug-likeness (QED) is 0.279. The summed E-state index contributed by atoms with van der Waals surface area (Å²) in [7, 11) is -3.80. The molecule has 0 spiro atoms. The number of nitrogens with two attached hydrogens (primary N) is 1. The Balaban J connectivity index is 1.64. The van der Waals surface area contributed by atoms with Crippen molar-refractivity contribution in [1.29, 1.82) is 5.26 Å². The molecule has 0 aliphatic heterocycles. The number of nitrogens with zero attached hydrogens (tertiary/aromatic N) is 4. The molecule has 0 fully saturated rings. The highest BCUT2D eigenvalue weighted by atomic mass is 32.2. The molecule has 4 aromatic rings. The number of hydrogen-bond acceptors (Lipinski definition) is 6. The Bertz CT molecular complexity index is 1550. The van der Waals surface area contributed by atoms with Crippen molar-refractivity contribution in [2.75, 3.05) is 5.32 Å². The van der Waals surface area contributed by atoms with Crippen molar-refractivity contribution in [2.24, 2.45) is 15.4 Å². The molecular weight excluding hydrogens is 472 g/mol. The highest BCUT2D eigenvalue weighted by Gasteiger charge is 2.18. The van der Waals surface area contributed by atoms with Crippen LogP contribution in [0.4, 0.5) is 11.4 Å². The molecule has 11 heteroatoms. The zero-order valence-electron chi connectivity index (χ0n) is 17.6. The third-order valence-corrected chi connectivity index (χ3v) is 6.11. The number of primary sulfonamides is 1. The number of aromatic hydroxyl groups is 1. The Hall–Kier alpha value is -4.11. The standard InChI is InChI=1S/C23H18N6O3S2/c24-13-16-6-11-20-19(12-16)21(22(30)29(20)14-15-4-2-1-3-5-15)27-28-23(33)26-17-7-9-18(10-8-17)34(25,31)32/h1-12,30H,14H2,(H,26,33)(H2,25,31,32). The summed E-state index contributed by atoms with van der Waals surface area (Å²) in [6.45, 7) is 0.393. The van der Waals surface area contributed by atoms with Crippen LogP contribution in [0.1, 0.15) is 11.1 Å². The number of hydrogen-bond donors (Lipinski definition) is 3. The smallest absolute Gasteiger partial charge is 0.238 e. The molecule has 0 unspecified atom stereocenters. The number of nitriles is 1. The molecule has 34 heavy (non-hydrogen) atoms. The van der Waals surface area contributed by atoms with E-state index in [1.807, 2.05) is 30.3 Å². The van der Waals surface area contributed by atoms with Gasteiger partial charge in [-0.3, -0.25) is 0 Å². The Morgan fingerprint density at radius 2 is 1.82 bits per heavy atom. The number of aromatic nitrogens is 1. The van der Waals surface area contributed by atoms with Crippen molar-refractivity contribution >= 4 is 49.6 Å². The number of benzene rings is 3. The maximum Gasteiger partial charge on any atom is 0.238 e. The van der Waals surface area contributed by atoms with Gasteiger partial charge in [0.1, 0.15) is 0 Å². The van der Waals surface area contributed by atoms with E-state index in [1.165, 1.54) is 24.3 Å². The second-order valence-electron chi connectivity index (χ2n) is 7.29. The number of fused-ring (bicyclic) bond motifs is 1. The summed E-state index contributed by atoms with van der Waals surface area (Å²) in [6, 6.07) is 22.4. The monoisotopic (exact) mass is 490 g/mol. The fourth-order valence-corrected chi connectivity index (χ4v) is 4.06. The summed E-state index contributed by atoms with van der Waals surface area (Å²) in [5, 5.41) is 36.8. The number of thiocarbonyl (C=S) groups is 1. The molecule has 0 radical (unpaired) electrons. The van der Waals surface area contributed by atoms with Gasteiger partial charge in [-0.25, -0.2) is 13.6 Å². The van der Waals surface area contributed by atoms with Gasteiger partial charge in [0, 0.05) is 11.1 Å². The van der Waals surface area contributed by atoms with Gasteiger partial charge in [0.2, 0.25) is 21.0 Å². The molecule has 0 saturated heterocycles. The van der Waals surface area contributed by atoms with Gasteiger partial charge in [-0.1, -0.05) is 30.3 Å². The summed E-state index contributed by atoms with van der Waals surface area (Å²) < 4.78 is 24.4. The number of azo groups is 1. The first-order chi connectivity index (χ1) is 16.3. The Kier molecular flexibility index (Phi) is 6.38. The van der Waals surface area contributed by atoms with Crippen molar-refractivity contribution in [3.8, 4) is 11.9 Å². The van der Waals surface area contributed by atoms with Crippen molar-refractivity contribution in [1.82, 2.24) is 4.57 Å². The Morgan fingerprint density at radius 3 is 2.47 bits per heavy atom. The number of anilines is 1. The average Bonchev–Trinajstić information content (AvgIpc) is 3.08. The third-order valence-electron chi connectivity index (χ3n) is 5.00. The van der Waals surface area contributed by atoms with Crippen LogP contribution in [0, 0.1) is 11.3 Å². The lowest BCUT2D eigenvalue weighted by molar-refractivity contribution is 0.429. The normalized spacial score (nSPS) is 11.5. The zero-order valence-corrected chi connectivity index (χ0v) is 19.2. The fourth-order valence-electron chi connectivity index (χ4n) is 3.39. The van der Waals surface area contributed by atoms with Gasteiger partial charge in [0.05, 0.1) is 28.6 Å².